The summed E-state index contributed by atoms with van der Waals surface area (Å²) in [5, 5.41) is 9.83. The number of rotatable bonds is 8. The lowest BCUT2D eigenvalue weighted by molar-refractivity contribution is -0.144. The number of carbonyl (C=O) groups is 2. The zero-order valence-electron chi connectivity index (χ0n) is 15.4. The van der Waals surface area contributed by atoms with Gasteiger partial charge in [0.25, 0.3) is 0 Å². The minimum Gasteiger partial charge on any atom is -0.383 e. The molecule has 0 aliphatic carbocycles. The highest BCUT2D eigenvalue weighted by atomic mass is 35.5. The molecular formula is C16H28ClN5O4. The maximum Gasteiger partial charge on any atom is 0.244 e. The lowest BCUT2D eigenvalue weighted by atomic mass is 10.2. The second-order valence-corrected chi connectivity index (χ2v) is 6.20. The summed E-state index contributed by atoms with van der Waals surface area (Å²) in [6.45, 7) is 6.57. The first kappa shape index (κ1) is 22.4. The SMILES string of the molecule is COCCNCC(=O)Nc1cnn(CC(=O)N2CC(C)OC(C)C2)c1.Cl. The van der Waals surface area contributed by atoms with Crippen molar-refractivity contribution < 1.29 is 19.1 Å². The summed E-state index contributed by atoms with van der Waals surface area (Å²) in [6, 6.07) is 0. The standard InChI is InChI=1S/C16H27N5O4.ClH/c1-12-8-20(9-13(2)25-12)16(23)11-21-10-14(6-18-21)19-15(22)7-17-4-5-24-3;/h6,10,12-13,17H,4-5,7-9,11H2,1-3H3,(H,19,22);1H. The summed E-state index contributed by atoms with van der Waals surface area (Å²) in [4.78, 5) is 26.0. The lowest BCUT2D eigenvalue weighted by Crippen LogP contribution is -2.49. The van der Waals surface area contributed by atoms with Crippen LogP contribution in [0, 0.1) is 0 Å². The molecule has 2 rings (SSSR count). The van der Waals surface area contributed by atoms with Crippen LogP contribution >= 0.6 is 12.4 Å². The number of anilines is 1. The second-order valence-electron chi connectivity index (χ2n) is 6.20. The van der Waals surface area contributed by atoms with Gasteiger partial charge in [-0.25, -0.2) is 0 Å². The molecule has 0 aromatic carbocycles. The van der Waals surface area contributed by atoms with Crippen LogP contribution in [0.4, 0.5) is 5.69 Å². The van der Waals surface area contributed by atoms with Crippen molar-refractivity contribution in [2.24, 2.45) is 0 Å². The van der Waals surface area contributed by atoms with Gasteiger partial charge in [-0.1, -0.05) is 0 Å². The third-order valence-corrected chi connectivity index (χ3v) is 3.76. The molecule has 1 aliphatic rings. The van der Waals surface area contributed by atoms with E-state index < -0.39 is 0 Å². The smallest absolute Gasteiger partial charge is 0.244 e. The van der Waals surface area contributed by atoms with Crippen molar-refractivity contribution in [3.63, 3.8) is 0 Å². The fourth-order valence-corrected chi connectivity index (χ4v) is 2.72. The molecule has 2 amide bonds. The fourth-order valence-electron chi connectivity index (χ4n) is 2.72. The molecular weight excluding hydrogens is 362 g/mol. The summed E-state index contributed by atoms with van der Waals surface area (Å²) < 4.78 is 12.1. The molecule has 9 nitrogen and oxygen atoms in total. The number of ether oxygens (including phenoxy) is 2. The van der Waals surface area contributed by atoms with Crippen molar-refractivity contribution in [2.75, 3.05) is 45.2 Å². The molecule has 1 saturated heterocycles. The van der Waals surface area contributed by atoms with Gasteiger partial charge in [0.1, 0.15) is 6.54 Å². The summed E-state index contributed by atoms with van der Waals surface area (Å²) in [6.07, 6.45) is 3.25. The molecule has 1 aliphatic heterocycles. The molecule has 2 unspecified atom stereocenters. The molecule has 0 saturated carbocycles. The van der Waals surface area contributed by atoms with Gasteiger partial charge in [-0.15, -0.1) is 12.4 Å². The number of amides is 2. The first-order valence-electron chi connectivity index (χ1n) is 8.43. The Morgan fingerprint density at radius 1 is 1.35 bits per heavy atom. The van der Waals surface area contributed by atoms with Crippen molar-refractivity contribution in [3.8, 4) is 0 Å². The number of halogens is 1. The summed E-state index contributed by atoms with van der Waals surface area (Å²) in [7, 11) is 1.61. The quantitative estimate of drug-likeness (QED) is 0.613. The molecule has 1 fully saturated rings. The van der Waals surface area contributed by atoms with Gasteiger partial charge in [0.05, 0.1) is 37.2 Å². The zero-order chi connectivity index (χ0) is 18.2. The van der Waals surface area contributed by atoms with Crippen LogP contribution in [0.25, 0.3) is 0 Å². The highest BCUT2D eigenvalue weighted by Gasteiger charge is 2.26. The Kier molecular flexibility index (Phi) is 9.57. The highest BCUT2D eigenvalue weighted by Crippen LogP contribution is 2.12. The van der Waals surface area contributed by atoms with Gasteiger partial charge in [0.15, 0.2) is 0 Å². The van der Waals surface area contributed by atoms with E-state index in [9.17, 15) is 9.59 Å². The molecule has 0 radical (unpaired) electrons. The number of hydrogen-bond donors (Lipinski definition) is 2. The fraction of sp³-hybridized carbons (Fsp3) is 0.688. The van der Waals surface area contributed by atoms with Crippen LogP contribution in [0.5, 0.6) is 0 Å². The van der Waals surface area contributed by atoms with Crippen molar-refractivity contribution in [1.29, 1.82) is 0 Å². The Balaban J connectivity index is 0.00000338. The van der Waals surface area contributed by atoms with Crippen LogP contribution in [0.15, 0.2) is 12.4 Å². The van der Waals surface area contributed by atoms with E-state index in [0.717, 1.165) is 0 Å². The Morgan fingerprint density at radius 2 is 2.04 bits per heavy atom. The van der Waals surface area contributed by atoms with Crippen molar-refractivity contribution in [3.05, 3.63) is 12.4 Å². The molecule has 2 atom stereocenters. The number of nitrogens with zero attached hydrogens (tertiary/aromatic N) is 3. The van der Waals surface area contributed by atoms with Gasteiger partial charge in [-0.2, -0.15) is 5.10 Å². The molecule has 148 valence electrons. The van der Waals surface area contributed by atoms with E-state index >= 15 is 0 Å². The van der Waals surface area contributed by atoms with Crippen molar-refractivity contribution in [2.45, 2.75) is 32.6 Å². The molecule has 0 bridgehead atoms. The normalized spacial score (nSPS) is 19.7. The van der Waals surface area contributed by atoms with Gasteiger partial charge in [-0.3, -0.25) is 14.3 Å². The Labute approximate surface area is 159 Å². The summed E-state index contributed by atoms with van der Waals surface area (Å²) in [5.41, 5.74) is 0.565. The number of morpholine rings is 1. The van der Waals surface area contributed by atoms with E-state index in [2.05, 4.69) is 15.7 Å². The maximum atomic E-state index is 12.4. The Morgan fingerprint density at radius 3 is 2.69 bits per heavy atom. The predicted octanol–water partition coefficient (Wildman–Crippen LogP) is 0.115. The topological polar surface area (TPSA) is 97.7 Å². The first-order chi connectivity index (χ1) is 12.0. The van der Waals surface area contributed by atoms with E-state index in [1.807, 2.05) is 13.8 Å². The Hall–Kier alpha value is -1.68. The molecule has 26 heavy (non-hydrogen) atoms. The first-order valence-corrected chi connectivity index (χ1v) is 8.43. The van der Waals surface area contributed by atoms with Crippen molar-refractivity contribution in [1.82, 2.24) is 20.0 Å². The third kappa shape index (κ3) is 7.28. The molecule has 10 heteroatoms. The molecule has 0 spiro atoms. The van der Waals surface area contributed by atoms with Crippen LogP contribution in [0.3, 0.4) is 0 Å². The largest absolute Gasteiger partial charge is 0.383 e. The second kappa shape index (κ2) is 11.1. The lowest BCUT2D eigenvalue weighted by Gasteiger charge is -2.35. The van der Waals surface area contributed by atoms with E-state index in [1.165, 1.54) is 10.9 Å². The number of methoxy groups -OCH3 is 1. The number of nitrogens with one attached hydrogen (secondary N) is 2. The highest BCUT2D eigenvalue weighted by molar-refractivity contribution is 5.92. The molecule has 1 aromatic heterocycles. The maximum absolute atomic E-state index is 12.4. The predicted molar refractivity (Wildman–Crippen MR) is 99.4 cm³/mol. The minimum atomic E-state index is -0.169. The zero-order valence-corrected chi connectivity index (χ0v) is 16.3. The van der Waals surface area contributed by atoms with Gasteiger partial charge in [0.2, 0.25) is 11.8 Å². The van der Waals surface area contributed by atoms with Gasteiger partial charge < -0.3 is 25.0 Å². The van der Waals surface area contributed by atoms with Crippen LogP contribution in [-0.2, 0) is 25.6 Å². The van der Waals surface area contributed by atoms with Gasteiger partial charge in [-0.05, 0) is 13.8 Å². The number of aromatic nitrogens is 2. The number of hydrogen-bond acceptors (Lipinski definition) is 6. The molecule has 1 aromatic rings. The van der Waals surface area contributed by atoms with Gasteiger partial charge in [0, 0.05) is 32.9 Å². The van der Waals surface area contributed by atoms with E-state index in [4.69, 9.17) is 9.47 Å². The summed E-state index contributed by atoms with van der Waals surface area (Å²) >= 11 is 0. The monoisotopic (exact) mass is 389 g/mol. The van der Waals surface area contributed by atoms with Crippen LogP contribution in [0.2, 0.25) is 0 Å². The van der Waals surface area contributed by atoms with Crippen molar-refractivity contribution >= 4 is 29.9 Å². The van der Waals surface area contributed by atoms with E-state index in [-0.39, 0.29) is 49.5 Å². The minimum absolute atomic E-state index is 0. The van der Waals surface area contributed by atoms with Crippen LogP contribution in [0.1, 0.15) is 13.8 Å². The van der Waals surface area contributed by atoms with E-state index in [0.29, 0.717) is 31.9 Å². The average Bonchev–Trinajstić information content (AvgIpc) is 2.97. The summed E-state index contributed by atoms with van der Waals surface area (Å²) in [5.74, 6) is -0.179. The van der Waals surface area contributed by atoms with Gasteiger partial charge >= 0.3 is 0 Å². The molecule has 2 N–H and O–H groups in total. The van der Waals surface area contributed by atoms with E-state index in [1.54, 1.807) is 18.2 Å². The van der Waals surface area contributed by atoms with Crippen LogP contribution < -0.4 is 10.6 Å². The van der Waals surface area contributed by atoms with Crippen LogP contribution in [-0.4, -0.2) is 78.6 Å². The average molecular weight is 390 g/mol. The molecule has 2 heterocycles. The number of carbonyl (C=O) groups excluding carboxylic acids is 2. The Bertz CT molecular complexity index is 573. The third-order valence-electron chi connectivity index (χ3n) is 3.76.